The number of rotatable bonds is 9. The molecule has 6 nitrogen and oxygen atoms in total. The first-order valence-corrected chi connectivity index (χ1v) is 7.79. The summed E-state index contributed by atoms with van der Waals surface area (Å²) in [5, 5.41) is 7.04. The number of carbonyl (C=O) groups excluding carboxylic acids is 1. The van der Waals surface area contributed by atoms with Crippen molar-refractivity contribution in [1.29, 1.82) is 0 Å². The quantitative estimate of drug-likeness (QED) is 0.553. The zero-order valence-electron chi connectivity index (χ0n) is 13.9. The van der Waals surface area contributed by atoms with Crippen LogP contribution in [0.3, 0.4) is 0 Å². The lowest BCUT2D eigenvalue weighted by molar-refractivity contribution is -0.126. The van der Waals surface area contributed by atoms with Crippen LogP contribution in [0.15, 0.2) is 17.3 Å². The minimum atomic E-state index is -0.193. The monoisotopic (exact) mass is 342 g/mol. The fourth-order valence-electron chi connectivity index (χ4n) is 1.97. The molecule has 0 heterocycles. The van der Waals surface area contributed by atoms with E-state index in [0.29, 0.717) is 22.1 Å². The molecular weight excluding hydrogens is 320 g/mol. The molecule has 1 aromatic rings. The van der Waals surface area contributed by atoms with Crippen molar-refractivity contribution in [3.05, 3.63) is 22.7 Å². The van der Waals surface area contributed by atoms with Crippen molar-refractivity contribution >= 4 is 23.7 Å². The normalized spacial score (nSPS) is 10.9. The number of hydrogen-bond acceptors (Lipinski definition) is 5. The Balaban J connectivity index is 2.58. The van der Waals surface area contributed by atoms with Crippen LogP contribution in [0, 0.1) is 0 Å². The van der Waals surface area contributed by atoms with E-state index >= 15 is 0 Å². The number of methoxy groups -OCH3 is 2. The standard InChI is InChI=1S/C16H23ClN2O4/c1-5-12(6-2)19-15(20)10-23-18-9-11-7-13(17)16(22-4)14(8-11)21-3/h7-9,12H,5-6,10H2,1-4H3,(H,19,20)/b18-9-. The van der Waals surface area contributed by atoms with Crippen molar-refractivity contribution in [2.75, 3.05) is 20.8 Å². The van der Waals surface area contributed by atoms with Crippen LogP contribution in [0.2, 0.25) is 5.02 Å². The molecule has 23 heavy (non-hydrogen) atoms. The summed E-state index contributed by atoms with van der Waals surface area (Å²) in [6.07, 6.45) is 3.23. The summed E-state index contributed by atoms with van der Waals surface area (Å²) in [6.45, 7) is 3.91. The summed E-state index contributed by atoms with van der Waals surface area (Å²) in [5.41, 5.74) is 0.674. The second-order valence-corrected chi connectivity index (χ2v) is 5.23. The van der Waals surface area contributed by atoms with E-state index < -0.39 is 0 Å². The van der Waals surface area contributed by atoms with E-state index in [4.69, 9.17) is 25.9 Å². The molecule has 0 atom stereocenters. The zero-order chi connectivity index (χ0) is 17.2. The molecule has 0 bridgehead atoms. The highest BCUT2D eigenvalue weighted by Crippen LogP contribution is 2.35. The number of benzene rings is 1. The third-order valence-electron chi connectivity index (χ3n) is 3.28. The van der Waals surface area contributed by atoms with Gasteiger partial charge in [-0.2, -0.15) is 0 Å². The maximum atomic E-state index is 11.7. The lowest BCUT2D eigenvalue weighted by atomic mass is 10.2. The predicted molar refractivity (Wildman–Crippen MR) is 90.6 cm³/mol. The third kappa shape index (κ3) is 5.98. The molecule has 1 amide bonds. The van der Waals surface area contributed by atoms with Gasteiger partial charge in [-0.15, -0.1) is 0 Å². The van der Waals surface area contributed by atoms with Gasteiger partial charge in [0.25, 0.3) is 5.91 Å². The molecule has 7 heteroatoms. The SMILES string of the molecule is CCC(CC)NC(=O)CO/N=C\c1cc(Cl)c(OC)c(OC)c1. The van der Waals surface area contributed by atoms with Crippen molar-refractivity contribution < 1.29 is 19.1 Å². The number of halogens is 1. The number of hydrogen-bond donors (Lipinski definition) is 1. The first-order valence-electron chi connectivity index (χ1n) is 7.41. The Morgan fingerprint density at radius 3 is 2.57 bits per heavy atom. The van der Waals surface area contributed by atoms with Gasteiger partial charge >= 0.3 is 0 Å². The van der Waals surface area contributed by atoms with Gasteiger partial charge < -0.3 is 19.6 Å². The van der Waals surface area contributed by atoms with Crippen LogP contribution in [0.25, 0.3) is 0 Å². The van der Waals surface area contributed by atoms with E-state index in [2.05, 4.69) is 10.5 Å². The molecule has 128 valence electrons. The van der Waals surface area contributed by atoms with Crippen molar-refractivity contribution in [3.8, 4) is 11.5 Å². The van der Waals surface area contributed by atoms with Crippen LogP contribution in [0.5, 0.6) is 11.5 Å². The predicted octanol–water partition coefficient (Wildman–Crippen LogP) is 3.01. The molecule has 1 N–H and O–H groups in total. The Labute approximate surface area is 141 Å². The van der Waals surface area contributed by atoms with Gasteiger partial charge in [0.1, 0.15) is 0 Å². The van der Waals surface area contributed by atoms with Gasteiger partial charge in [-0.1, -0.05) is 30.6 Å². The first kappa shape index (κ1) is 19.1. The highest BCUT2D eigenvalue weighted by atomic mass is 35.5. The Morgan fingerprint density at radius 1 is 1.30 bits per heavy atom. The number of oxime groups is 1. The summed E-state index contributed by atoms with van der Waals surface area (Å²) in [5.74, 6) is 0.755. The van der Waals surface area contributed by atoms with E-state index in [1.165, 1.54) is 20.4 Å². The third-order valence-corrected chi connectivity index (χ3v) is 3.56. The van der Waals surface area contributed by atoms with Crippen LogP contribution in [0.1, 0.15) is 32.3 Å². The summed E-state index contributed by atoms with van der Waals surface area (Å²) >= 11 is 6.09. The lowest BCUT2D eigenvalue weighted by Gasteiger charge is -2.13. The van der Waals surface area contributed by atoms with Crippen LogP contribution in [-0.4, -0.2) is 39.0 Å². The van der Waals surface area contributed by atoms with Crippen LogP contribution >= 0.6 is 11.6 Å². The number of nitrogens with one attached hydrogen (secondary N) is 1. The highest BCUT2D eigenvalue weighted by molar-refractivity contribution is 6.32. The molecule has 1 rings (SSSR count). The first-order chi connectivity index (χ1) is 11.0. The number of nitrogens with zero attached hydrogens (tertiary/aromatic N) is 1. The molecule has 1 aromatic carbocycles. The lowest BCUT2D eigenvalue weighted by Crippen LogP contribution is -2.36. The highest BCUT2D eigenvalue weighted by Gasteiger charge is 2.10. The second-order valence-electron chi connectivity index (χ2n) is 4.83. The van der Waals surface area contributed by atoms with Gasteiger partial charge in [-0.05, 0) is 25.0 Å². The minimum absolute atomic E-state index is 0.131. The van der Waals surface area contributed by atoms with Gasteiger partial charge in [0.15, 0.2) is 18.1 Å². The number of carbonyl (C=O) groups is 1. The molecule has 0 fully saturated rings. The van der Waals surface area contributed by atoms with E-state index in [9.17, 15) is 4.79 Å². The summed E-state index contributed by atoms with van der Waals surface area (Å²) in [6, 6.07) is 3.54. The zero-order valence-corrected chi connectivity index (χ0v) is 14.6. The molecule has 0 aliphatic carbocycles. The Bertz CT molecular complexity index is 545. The van der Waals surface area contributed by atoms with Crippen LogP contribution in [0.4, 0.5) is 0 Å². The topological polar surface area (TPSA) is 69.2 Å². The molecule has 0 aliphatic heterocycles. The van der Waals surface area contributed by atoms with E-state index in [-0.39, 0.29) is 18.6 Å². The largest absolute Gasteiger partial charge is 0.493 e. The maximum absolute atomic E-state index is 11.7. The van der Waals surface area contributed by atoms with E-state index in [0.717, 1.165) is 12.8 Å². The van der Waals surface area contributed by atoms with Gasteiger partial charge in [0.2, 0.25) is 0 Å². The maximum Gasteiger partial charge on any atom is 0.260 e. The van der Waals surface area contributed by atoms with Gasteiger partial charge in [-0.3, -0.25) is 4.79 Å². The van der Waals surface area contributed by atoms with Crippen molar-refractivity contribution in [3.63, 3.8) is 0 Å². The van der Waals surface area contributed by atoms with Crippen LogP contribution < -0.4 is 14.8 Å². The van der Waals surface area contributed by atoms with Crippen molar-refractivity contribution in [2.24, 2.45) is 5.16 Å². The molecule has 0 radical (unpaired) electrons. The average Bonchev–Trinajstić information content (AvgIpc) is 2.55. The van der Waals surface area contributed by atoms with Crippen molar-refractivity contribution in [2.45, 2.75) is 32.7 Å². The van der Waals surface area contributed by atoms with Gasteiger partial charge in [0, 0.05) is 11.6 Å². The minimum Gasteiger partial charge on any atom is -0.493 e. The van der Waals surface area contributed by atoms with Crippen LogP contribution in [-0.2, 0) is 9.63 Å². The molecular formula is C16H23ClN2O4. The summed E-state index contributed by atoms with van der Waals surface area (Å²) in [4.78, 5) is 16.7. The van der Waals surface area contributed by atoms with E-state index in [1.54, 1.807) is 12.1 Å². The Hall–Kier alpha value is -1.95. The summed E-state index contributed by atoms with van der Waals surface area (Å²) in [7, 11) is 3.03. The molecule has 0 spiro atoms. The molecule has 0 saturated carbocycles. The molecule has 0 aliphatic rings. The van der Waals surface area contributed by atoms with Gasteiger partial charge in [-0.25, -0.2) is 0 Å². The molecule has 0 aromatic heterocycles. The molecule has 0 saturated heterocycles. The smallest absolute Gasteiger partial charge is 0.260 e. The molecule has 0 unspecified atom stereocenters. The van der Waals surface area contributed by atoms with Crippen molar-refractivity contribution in [1.82, 2.24) is 5.32 Å². The van der Waals surface area contributed by atoms with Gasteiger partial charge in [0.05, 0.1) is 25.5 Å². The van der Waals surface area contributed by atoms with E-state index in [1.807, 2.05) is 13.8 Å². The Morgan fingerprint density at radius 2 is 2.00 bits per heavy atom. The second kappa shape index (κ2) is 9.94. The number of amides is 1. The Kier molecular flexibility index (Phi) is 8.26. The number of ether oxygens (including phenoxy) is 2. The average molecular weight is 343 g/mol. The summed E-state index contributed by atoms with van der Waals surface area (Å²) < 4.78 is 10.3. The fourth-order valence-corrected chi connectivity index (χ4v) is 2.26. The fraction of sp³-hybridized carbons (Fsp3) is 0.500.